The van der Waals surface area contributed by atoms with Crippen molar-refractivity contribution < 1.29 is 0 Å². The van der Waals surface area contributed by atoms with Crippen LogP contribution in [-0.4, -0.2) is 0 Å². The zero-order chi connectivity index (χ0) is 11.8. The lowest BCUT2D eigenvalue weighted by atomic mass is 10.1. The van der Waals surface area contributed by atoms with Gasteiger partial charge in [-0.15, -0.1) is 11.3 Å². The van der Waals surface area contributed by atoms with Gasteiger partial charge in [-0.3, -0.25) is 0 Å². The Balaban J connectivity index is 2.23. The quantitative estimate of drug-likeness (QED) is 0.510. The molecule has 1 aromatic heterocycles. The molecule has 0 aliphatic carbocycles. The Kier molecular flexibility index (Phi) is 2.92. The highest BCUT2D eigenvalue weighted by molar-refractivity contribution is 14.1. The maximum absolute atomic E-state index is 2.41. The molecule has 0 bridgehead atoms. The smallest absolute Gasteiger partial charge is 0.0366 e. The van der Waals surface area contributed by atoms with Crippen molar-refractivity contribution >= 4 is 44.0 Å². The summed E-state index contributed by atoms with van der Waals surface area (Å²) in [5.74, 6) is 0. The molecule has 3 rings (SSSR count). The third-order valence-corrected chi connectivity index (χ3v) is 4.90. The van der Waals surface area contributed by atoms with Gasteiger partial charge in [0, 0.05) is 18.7 Å². The predicted molar refractivity (Wildman–Crippen MR) is 84.7 cm³/mol. The SMILES string of the molecule is Cc1ccc(I)c(-c2cc3ccccc3s2)c1. The normalized spacial score (nSPS) is 10.9. The highest BCUT2D eigenvalue weighted by Crippen LogP contribution is 2.35. The largest absolute Gasteiger partial charge is 0.135 e. The Morgan fingerprint density at radius 3 is 2.65 bits per heavy atom. The second-order valence-electron chi connectivity index (χ2n) is 4.13. The van der Waals surface area contributed by atoms with Gasteiger partial charge in [-0.1, -0.05) is 29.8 Å². The second-order valence-corrected chi connectivity index (χ2v) is 6.38. The van der Waals surface area contributed by atoms with E-state index < -0.39 is 0 Å². The number of fused-ring (bicyclic) bond motifs is 1. The molecule has 0 radical (unpaired) electrons. The van der Waals surface area contributed by atoms with Crippen molar-refractivity contribution in [2.75, 3.05) is 0 Å². The molecule has 0 unspecified atom stereocenters. The minimum atomic E-state index is 1.32. The molecular formula is C15H11IS. The summed E-state index contributed by atoms with van der Waals surface area (Å²) in [4.78, 5) is 1.36. The standard InChI is InChI=1S/C15H11IS/c1-10-6-7-13(16)12(8-10)15-9-11-4-2-3-5-14(11)17-15/h2-9H,1H3. The van der Waals surface area contributed by atoms with Gasteiger partial charge in [0.15, 0.2) is 0 Å². The molecule has 0 saturated heterocycles. The minimum absolute atomic E-state index is 1.32. The van der Waals surface area contributed by atoms with E-state index in [0.29, 0.717) is 0 Å². The van der Waals surface area contributed by atoms with Gasteiger partial charge in [-0.25, -0.2) is 0 Å². The average molecular weight is 350 g/mol. The Bertz CT molecular complexity index is 649. The molecule has 0 amide bonds. The van der Waals surface area contributed by atoms with Crippen LogP contribution in [0.4, 0.5) is 0 Å². The van der Waals surface area contributed by atoms with Crippen LogP contribution in [0.1, 0.15) is 5.56 Å². The summed E-state index contributed by atoms with van der Waals surface area (Å²) >= 11 is 4.28. The van der Waals surface area contributed by atoms with E-state index in [1.54, 1.807) is 0 Å². The molecule has 0 aliphatic heterocycles. The molecule has 0 atom stereocenters. The molecular weight excluding hydrogens is 339 g/mol. The summed E-state index contributed by atoms with van der Waals surface area (Å²) in [7, 11) is 0. The van der Waals surface area contributed by atoms with Crippen molar-refractivity contribution in [3.8, 4) is 10.4 Å². The van der Waals surface area contributed by atoms with Gasteiger partial charge in [0.05, 0.1) is 0 Å². The molecule has 0 spiro atoms. The van der Waals surface area contributed by atoms with Gasteiger partial charge >= 0.3 is 0 Å². The Morgan fingerprint density at radius 2 is 1.82 bits per heavy atom. The van der Waals surface area contributed by atoms with Crippen LogP contribution in [-0.2, 0) is 0 Å². The number of benzene rings is 2. The number of hydrogen-bond acceptors (Lipinski definition) is 1. The number of aryl methyl sites for hydroxylation is 1. The van der Waals surface area contributed by atoms with Crippen LogP contribution < -0.4 is 0 Å². The van der Waals surface area contributed by atoms with Crippen molar-refractivity contribution in [1.82, 2.24) is 0 Å². The molecule has 0 fully saturated rings. The van der Waals surface area contributed by atoms with Crippen molar-refractivity contribution in [1.29, 1.82) is 0 Å². The minimum Gasteiger partial charge on any atom is -0.135 e. The van der Waals surface area contributed by atoms with Gasteiger partial charge in [-0.2, -0.15) is 0 Å². The third kappa shape index (κ3) is 2.11. The van der Waals surface area contributed by atoms with Crippen LogP contribution in [0.3, 0.4) is 0 Å². The summed E-state index contributed by atoms with van der Waals surface area (Å²) in [6.07, 6.45) is 0. The highest BCUT2D eigenvalue weighted by atomic mass is 127. The molecule has 0 aliphatic rings. The predicted octanol–water partition coefficient (Wildman–Crippen LogP) is 5.48. The Labute approximate surface area is 118 Å². The van der Waals surface area contributed by atoms with Crippen molar-refractivity contribution in [2.45, 2.75) is 6.92 Å². The van der Waals surface area contributed by atoms with Crippen LogP contribution in [0.5, 0.6) is 0 Å². The number of rotatable bonds is 1. The highest BCUT2D eigenvalue weighted by Gasteiger charge is 2.07. The first kappa shape index (κ1) is 11.2. The van der Waals surface area contributed by atoms with Crippen LogP contribution in [0.15, 0.2) is 48.5 Å². The molecule has 3 aromatic rings. The summed E-state index contributed by atoms with van der Waals surface area (Å²) in [6, 6.07) is 17.5. The summed E-state index contributed by atoms with van der Waals surface area (Å²) in [5.41, 5.74) is 2.67. The fourth-order valence-electron chi connectivity index (χ4n) is 1.94. The van der Waals surface area contributed by atoms with E-state index in [1.165, 1.54) is 29.7 Å². The summed E-state index contributed by atoms with van der Waals surface area (Å²) in [5, 5.41) is 1.34. The Morgan fingerprint density at radius 1 is 1.00 bits per heavy atom. The van der Waals surface area contributed by atoms with Crippen molar-refractivity contribution in [3.05, 3.63) is 57.7 Å². The number of hydrogen-bond donors (Lipinski definition) is 0. The van der Waals surface area contributed by atoms with Gasteiger partial charge in [-0.05, 0) is 59.2 Å². The molecule has 1 heterocycles. The number of halogens is 1. The van der Waals surface area contributed by atoms with Crippen LogP contribution >= 0.6 is 33.9 Å². The van der Waals surface area contributed by atoms with Gasteiger partial charge in [0.1, 0.15) is 0 Å². The van der Waals surface area contributed by atoms with E-state index in [4.69, 9.17) is 0 Å². The monoisotopic (exact) mass is 350 g/mol. The Hall–Kier alpha value is -0.870. The van der Waals surface area contributed by atoms with Crippen LogP contribution in [0.25, 0.3) is 20.5 Å². The lowest BCUT2D eigenvalue weighted by Gasteiger charge is -2.02. The average Bonchev–Trinajstić information content (AvgIpc) is 2.75. The zero-order valence-corrected chi connectivity index (χ0v) is 12.4. The molecule has 2 heteroatoms. The lowest BCUT2D eigenvalue weighted by molar-refractivity contribution is 1.46. The zero-order valence-electron chi connectivity index (χ0n) is 9.41. The molecule has 0 nitrogen and oxygen atoms in total. The van der Waals surface area contributed by atoms with Gasteiger partial charge in [0.25, 0.3) is 0 Å². The topological polar surface area (TPSA) is 0 Å². The number of thiophene rings is 1. The molecule has 2 aromatic carbocycles. The van der Waals surface area contributed by atoms with Gasteiger partial charge in [0.2, 0.25) is 0 Å². The molecule has 17 heavy (non-hydrogen) atoms. The van der Waals surface area contributed by atoms with E-state index in [2.05, 4.69) is 78.0 Å². The fourth-order valence-corrected chi connectivity index (χ4v) is 3.84. The van der Waals surface area contributed by atoms with E-state index >= 15 is 0 Å². The fraction of sp³-hybridized carbons (Fsp3) is 0.0667. The van der Waals surface area contributed by atoms with E-state index in [9.17, 15) is 0 Å². The first-order valence-electron chi connectivity index (χ1n) is 5.49. The van der Waals surface area contributed by atoms with Crippen LogP contribution in [0.2, 0.25) is 0 Å². The van der Waals surface area contributed by atoms with Crippen LogP contribution in [0, 0.1) is 10.5 Å². The summed E-state index contributed by atoms with van der Waals surface area (Å²) in [6.45, 7) is 2.15. The van der Waals surface area contributed by atoms with Gasteiger partial charge < -0.3 is 0 Å². The van der Waals surface area contributed by atoms with E-state index in [0.717, 1.165) is 0 Å². The molecule has 0 saturated carbocycles. The molecule has 84 valence electrons. The van der Waals surface area contributed by atoms with E-state index in [1.807, 2.05) is 11.3 Å². The maximum Gasteiger partial charge on any atom is 0.0366 e. The first-order valence-corrected chi connectivity index (χ1v) is 7.39. The molecule has 0 N–H and O–H groups in total. The maximum atomic E-state index is 2.41. The lowest BCUT2D eigenvalue weighted by Crippen LogP contribution is -1.80. The van der Waals surface area contributed by atoms with Crippen molar-refractivity contribution in [2.24, 2.45) is 0 Å². The van der Waals surface area contributed by atoms with Crippen molar-refractivity contribution in [3.63, 3.8) is 0 Å². The second kappa shape index (κ2) is 4.42. The third-order valence-electron chi connectivity index (χ3n) is 2.81. The first-order chi connectivity index (χ1) is 8.24. The summed E-state index contributed by atoms with van der Waals surface area (Å²) < 4.78 is 2.68. The van der Waals surface area contributed by atoms with E-state index in [-0.39, 0.29) is 0 Å².